The molecule has 0 spiro atoms. The van der Waals surface area contributed by atoms with Crippen LogP contribution in [0.25, 0.3) is 28.2 Å². The van der Waals surface area contributed by atoms with Gasteiger partial charge in [0.25, 0.3) is 5.78 Å². The number of thioether (sulfide) groups is 1. The number of fused-ring (bicyclic) bond motifs is 1. The fraction of sp³-hybridized carbons (Fsp3) is 0.143. The summed E-state index contributed by atoms with van der Waals surface area (Å²) in [5, 5.41) is 4.99. The number of hydrogen-bond acceptors (Lipinski definition) is 6. The molecular weight excluding hydrogens is 372 g/mol. The van der Waals surface area contributed by atoms with E-state index in [-0.39, 0.29) is 11.7 Å². The Morgan fingerprint density at radius 2 is 1.71 bits per heavy atom. The van der Waals surface area contributed by atoms with Crippen molar-refractivity contribution < 1.29 is 9.53 Å². The van der Waals surface area contributed by atoms with E-state index in [2.05, 4.69) is 51.5 Å². The Kier molecular flexibility index (Phi) is 5.34. The van der Waals surface area contributed by atoms with E-state index in [0.717, 1.165) is 16.8 Å². The first kappa shape index (κ1) is 18.2. The van der Waals surface area contributed by atoms with Crippen LogP contribution in [-0.4, -0.2) is 37.9 Å². The second-order valence-corrected chi connectivity index (χ2v) is 6.92. The van der Waals surface area contributed by atoms with Gasteiger partial charge in [-0.2, -0.15) is 9.50 Å². The molecular formula is C21H18N4O2S. The number of nitrogens with zero attached hydrogens (tertiary/aromatic N) is 4. The van der Waals surface area contributed by atoms with Gasteiger partial charge in [-0.25, -0.2) is 4.98 Å². The van der Waals surface area contributed by atoms with Gasteiger partial charge in [0.05, 0.1) is 18.1 Å². The minimum atomic E-state index is -0.281. The van der Waals surface area contributed by atoms with E-state index in [1.165, 1.54) is 17.3 Å². The highest BCUT2D eigenvalue weighted by atomic mass is 32.2. The van der Waals surface area contributed by atoms with Crippen LogP contribution in [0.3, 0.4) is 0 Å². The zero-order valence-electron chi connectivity index (χ0n) is 15.3. The van der Waals surface area contributed by atoms with Gasteiger partial charge in [0, 0.05) is 11.8 Å². The van der Waals surface area contributed by atoms with Gasteiger partial charge in [0.15, 0.2) is 0 Å². The van der Waals surface area contributed by atoms with Crippen LogP contribution in [0.15, 0.2) is 72.0 Å². The molecule has 2 aromatic carbocycles. The molecule has 6 nitrogen and oxygen atoms in total. The molecule has 0 N–H and O–H groups in total. The van der Waals surface area contributed by atoms with E-state index in [9.17, 15) is 4.79 Å². The number of esters is 1. The van der Waals surface area contributed by atoms with Gasteiger partial charge in [0.2, 0.25) is 5.16 Å². The lowest BCUT2D eigenvalue weighted by atomic mass is 10.0. The molecule has 0 saturated heterocycles. The second kappa shape index (κ2) is 8.22. The second-order valence-electron chi connectivity index (χ2n) is 5.97. The summed E-state index contributed by atoms with van der Waals surface area (Å²) in [5.41, 5.74) is 4.23. The van der Waals surface area contributed by atoms with Crippen molar-refractivity contribution in [2.45, 2.75) is 12.1 Å². The van der Waals surface area contributed by atoms with Crippen molar-refractivity contribution in [3.05, 3.63) is 66.9 Å². The minimum Gasteiger partial charge on any atom is -0.465 e. The first-order valence-electron chi connectivity index (χ1n) is 8.90. The van der Waals surface area contributed by atoms with Crippen LogP contribution in [0.4, 0.5) is 0 Å². The topological polar surface area (TPSA) is 69.4 Å². The number of rotatable bonds is 6. The van der Waals surface area contributed by atoms with Gasteiger partial charge in [-0.1, -0.05) is 66.4 Å². The fourth-order valence-electron chi connectivity index (χ4n) is 2.85. The highest BCUT2D eigenvalue weighted by Gasteiger charge is 2.12. The van der Waals surface area contributed by atoms with Crippen molar-refractivity contribution in [1.82, 2.24) is 19.6 Å². The normalized spacial score (nSPS) is 10.9. The SMILES string of the molecule is CCOC(=O)CSc1nc2nccc(-c3ccc(-c4ccccc4)cc3)n2n1. The molecule has 0 amide bonds. The third-order valence-corrected chi connectivity index (χ3v) is 4.94. The largest absolute Gasteiger partial charge is 0.465 e. The van der Waals surface area contributed by atoms with Crippen molar-refractivity contribution in [2.75, 3.05) is 12.4 Å². The molecule has 4 rings (SSSR count). The Balaban J connectivity index is 1.61. The molecule has 0 radical (unpaired) electrons. The molecule has 2 heterocycles. The molecule has 0 atom stereocenters. The van der Waals surface area contributed by atoms with Gasteiger partial charge in [-0.3, -0.25) is 4.79 Å². The molecule has 2 aromatic heterocycles. The molecule has 7 heteroatoms. The molecule has 28 heavy (non-hydrogen) atoms. The minimum absolute atomic E-state index is 0.172. The maximum atomic E-state index is 11.5. The molecule has 0 saturated carbocycles. The van der Waals surface area contributed by atoms with Crippen LogP contribution >= 0.6 is 11.8 Å². The molecule has 0 aliphatic carbocycles. The van der Waals surface area contributed by atoms with Crippen LogP contribution in [0.2, 0.25) is 0 Å². The van der Waals surface area contributed by atoms with Crippen molar-refractivity contribution in [1.29, 1.82) is 0 Å². The van der Waals surface area contributed by atoms with Crippen LogP contribution in [-0.2, 0) is 9.53 Å². The third kappa shape index (κ3) is 3.89. The van der Waals surface area contributed by atoms with E-state index in [1.807, 2.05) is 24.3 Å². The summed E-state index contributed by atoms with van der Waals surface area (Å²) in [6.45, 7) is 2.15. The molecule has 140 valence electrons. The maximum Gasteiger partial charge on any atom is 0.316 e. The van der Waals surface area contributed by atoms with E-state index < -0.39 is 0 Å². The quantitative estimate of drug-likeness (QED) is 0.364. The average Bonchev–Trinajstić information content (AvgIpc) is 3.16. The number of aromatic nitrogens is 4. The van der Waals surface area contributed by atoms with Crippen LogP contribution < -0.4 is 0 Å². The Bertz CT molecular complexity index is 1090. The monoisotopic (exact) mass is 390 g/mol. The number of carbonyl (C=O) groups excluding carboxylic acids is 1. The Labute approximate surface area is 166 Å². The highest BCUT2D eigenvalue weighted by Crippen LogP contribution is 2.25. The number of carbonyl (C=O) groups is 1. The summed E-state index contributed by atoms with van der Waals surface area (Å²) in [7, 11) is 0. The molecule has 4 aromatic rings. The molecule has 0 unspecified atom stereocenters. The smallest absolute Gasteiger partial charge is 0.316 e. The van der Waals surface area contributed by atoms with Gasteiger partial charge >= 0.3 is 5.97 Å². The summed E-state index contributed by atoms with van der Waals surface area (Å²) in [6, 6.07) is 20.4. The van der Waals surface area contributed by atoms with Gasteiger partial charge in [-0.05, 0) is 24.1 Å². The predicted octanol–water partition coefficient (Wildman–Crippen LogP) is 4.11. The first-order valence-corrected chi connectivity index (χ1v) is 9.89. The lowest BCUT2D eigenvalue weighted by Gasteiger charge is -2.06. The first-order chi connectivity index (χ1) is 13.7. The summed E-state index contributed by atoms with van der Waals surface area (Å²) in [4.78, 5) is 20.2. The van der Waals surface area contributed by atoms with Crippen LogP contribution in [0, 0.1) is 0 Å². The van der Waals surface area contributed by atoms with Crippen molar-refractivity contribution in [3.8, 4) is 22.4 Å². The fourth-order valence-corrected chi connectivity index (χ4v) is 3.46. The summed E-state index contributed by atoms with van der Waals surface area (Å²) in [5.74, 6) is 0.387. The predicted molar refractivity (Wildman–Crippen MR) is 109 cm³/mol. The highest BCUT2D eigenvalue weighted by molar-refractivity contribution is 7.99. The summed E-state index contributed by atoms with van der Waals surface area (Å²) in [6.07, 6.45) is 1.71. The van der Waals surface area contributed by atoms with E-state index in [4.69, 9.17) is 4.74 Å². The number of benzene rings is 2. The van der Waals surface area contributed by atoms with Gasteiger partial charge in [-0.15, -0.1) is 5.10 Å². The molecule has 0 bridgehead atoms. The zero-order valence-corrected chi connectivity index (χ0v) is 16.1. The molecule has 0 fully saturated rings. The van der Waals surface area contributed by atoms with E-state index in [0.29, 0.717) is 17.5 Å². The standard InChI is InChI=1S/C21H18N4O2S/c1-2-27-19(26)14-28-21-23-20-22-13-12-18(25(20)24-21)17-10-8-16(9-11-17)15-6-4-3-5-7-15/h3-13H,2,14H2,1H3. The Morgan fingerprint density at radius 1 is 1.00 bits per heavy atom. The number of ether oxygens (including phenoxy) is 1. The van der Waals surface area contributed by atoms with Crippen molar-refractivity contribution in [2.24, 2.45) is 0 Å². The molecule has 0 aliphatic heterocycles. The summed E-state index contributed by atoms with van der Waals surface area (Å²) >= 11 is 1.24. The Morgan fingerprint density at radius 3 is 2.46 bits per heavy atom. The van der Waals surface area contributed by atoms with Crippen molar-refractivity contribution >= 4 is 23.5 Å². The molecule has 0 aliphatic rings. The van der Waals surface area contributed by atoms with E-state index in [1.54, 1.807) is 17.6 Å². The van der Waals surface area contributed by atoms with Gasteiger partial charge in [0.1, 0.15) is 0 Å². The third-order valence-electron chi connectivity index (χ3n) is 4.13. The van der Waals surface area contributed by atoms with Gasteiger partial charge < -0.3 is 4.74 Å². The summed E-state index contributed by atoms with van der Waals surface area (Å²) < 4.78 is 6.64. The lowest BCUT2D eigenvalue weighted by molar-refractivity contribution is -0.139. The van der Waals surface area contributed by atoms with Crippen LogP contribution in [0.5, 0.6) is 0 Å². The zero-order chi connectivity index (χ0) is 19.3. The van der Waals surface area contributed by atoms with E-state index >= 15 is 0 Å². The average molecular weight is 390 g/mol. The lowest BCUT2D eigenvalue weighted by Crippen LogP contribution is -2.06. The maximum absolute atomic E-state index is 11.5. The number of hydrogen-bond donors (Lipinski definition) is 0. The van der Waals surface area contributed by atoms with Crippen molar-refractivity contribution in [3.63, 3.8) is 0 Å². The van der Waals surface area contributed by atoms with Crippen LogP contribution in [0.1, 0.15) is 6.92 Å². The Hall–Kier alpha value is -3.19.